The van der Waals surface area contributed by atoms with Crippen LogP contribution in [-0.2, 0) is 16.6 Å². The zero-order chi connectivity index (χ0) is 23.7. The molecule has 0 spiro atoms. The van der Waals surface area contributed by atoms with Crippen LogP contribution in [0.1, 0.15) is 12.0 Å². The first kappa shape index (κ1) is 22.5. The minimum absolute atomic E-state index is 0.0199. The molecule has 3 heterocycles. The number of aliphatic hydroxyl groups excluding tert-OH is 1. The van der Waals surface area contributed by atoms with Crippen molar-refractivity contribution in [2.75, 3.05) is 39.6 Å². The molecule has 3 aromatic rings. The van der Waals surface area contributed by atoms with Crippen molar-refractivity contribution in [3.8, 4) is 23.0 Å². The summed E-state index contributed by atoms with van der Waals surface area (Å²) in [5.74, 6) is 1.95. The average molecular weight is 489 g/mol. The van der Waals surface area contributed by atoms with E-state index in [2.05, 4.69) is 4.98 Å². The Morgan fingerprint density at radius 1 is 0.882 bits per heavy atom. The van der Waals surface area contributed by atoms with Crippen LogP contribution in [-0.4, -0.2) is 62.4 Å². The van der Waals surface area contributed by atoms with E-state index in [9.17, 15) is 18.3 Å². The number of H-pyrrole nitrogens is 1. The minimum atomic E-state index is -4.00. The van der Waals surface area contributed by atoms with E-state index in [-0.39, 0.29) is 36.6 Å². The molecular formula is C23H24N2O8S. The third-order valence-electron chi connectivity index (χ3n) is 5.65. The van der Waals surface area contributed by atoms with Crippen LogP contribution in [0.15, 0.2) is 46.1 Å². The SMILES string of the molecule is O=c1[nH]c2cc3c(cc2cc1CN(CCCO)S(=O)(=O)c1ccc2c(c1)OCCO2)OCCO3. The molecule has 0 saturated carbocycles. The lowest BCUT2D eigenvalue weighted by atomic mass is 10.1. The molecule has 0 fully saturated rings. The van der Waals surface area contributed by atoms with Crippen LogP contribution in [0.25, 0.3) is 10.9 Å². The summed E-state index contributed by atoms with van der Waals surface area (Å²) < 4.78 is 50.4. The van der Waals surface area contributed by atoms with Gasteiger partial charge in [-0.25, -0.2) is 8.42 Å². The van der Waals surface area contributed by atoms with Gasteiger partial charge in [-0.3, -0.25) is 4.79 Å². The second kappa shape index (κ2) is 9.16. The molecule has 0 saturated heterocycles. The number of nitrogens with one attached hydrogen (secondary N) is 1. The van der Waals surface area contributed by atoms with Crippen LogP contribution < -0.4 is 24.5 Å². The predicted molar refractivity (Wildman–Crippen MR) is 122 cm³/mol. The van der Waals surface area contributed by atoms with Crippen LogP contribution in [0.5, 0.6) is 23.0 Å². The Hall–Kier alpha value is -3.28. The number of rotatable bonds is 7. The normalized spacial score (nSPS) is 15.0. The Kier molecular flexibility index (Phi) is 6.07. The van der Waals surface area contributed by atoms with E-state index in [1.165, 1.54) is 16.4 Å². The zero-order valence-corrected chi connectivity index (χ0v) is 19.1. The number of hydrogen-bond donors (Lipinski definition) is 2. The van der Waals surface area contributed by atoms with Gasteiger partial charge in [-0.05, 0) is 30.7 Å². The third kappa shape index (κ3) is 4.29. The van der Waals surface area contributed by atoms with Crippen molar-refractivity contribution in [1.82, 2.24) is 9.29 Å². The predicted octanol–water partition coefficient (Wildman–Crippen LogP) is 1.64. The summed E-state index contributed by atoms with van der Waals surface area (Å²) in [5.41, 5.74) is 0.424. The maximum absolute atomic E-state index is 13.5. The van der Waals surface area contributed by atoms with Gasteiger partial charge in [0.15, 0.2) is 23.0 Å². The summed E-state index contributed by atoms with van der Waals surface area (Å²) in [6.07, 6.45) is 0.216. The fourth-order valence-corrected chi connectivity index (χ4v) is 5.43. The fraction of sp³-hybridized carbons (Fsp3) is 0.348. The lowest BCUT2D eigenvalue weighted by Gasteiger charge is -2.24. The molecule has 5 rings (SSSR count). The molecule has 10 nitrogen and oxygen atoms in total. The second-order valence-electron chi connectivity index (χ2n) is 7.93. The quantitative estimate of drug-likeness (QED) is 0.514. The maximum atomic E-state index is 13.5. The van der Waals surface area contributed by atoms with Gasteiger partial charge in [0, 0.05) is 42.8 Å². The summed E-state index contributed by atoms with van der Waals surface area (Å²) in [4.78, 5) is 15.7. The summed E-state index contributed by atoms with van der Waals surface area (Å²) in [7, 11) is -4.00. The van der Waals surface area contributed by atoms with Crippen molar-refractivity contribution in [2.24, 2.45) is 0 Å². The standard InChI is InChI=1S/C23H24N2O8S/c26-5-1-4-25(34(28,29)17-2-3-19-21(12-17)32-7-6-30-19)14-16-10-15-11-20-22(33-9-8-31-20)13-18(15)24-23(16)27/h2-3,10-13,26H,1,4-9,14H2,(H,24,27). The first-order chi connectivity index (χ1) is 16.5. The molecule has 2 aliphatic heterocycles. The van der Waals surface area contributed by atoms with E-state index in [0.717, 1.165) is 0 Å². The molecule has 0 radical (unpaired) electrons. The number of aromatic nitrogens is 1. The van der Waals surface area contributed by atoms with E-state index in [1.807, 2.05) is 0 Å². The third-order valence-corrected chi connectivity index (χ3v) is 7.49. The Morgan fingerprint density at radius 2 is 1.53 bits per heavy atom. The maximum Gasteiger partial charge on any atom is 0.252 e. The van der Waals surface area contributed by atoms with Crippen molar-refractivity contribution in [3.05, 3.63) is 52.3 Å². The van der Waals surface area contributed by atoms with Crippen molar-refractivity contribution >= 4 is 20.9 Å². The van der Waals surface area contributed by atoms with Crippen molar-refractivity contribution in [3.63, 3.8) is 0 Å². The Bertz CT molecular complexity index is 1390. The molecule has 0 bridgehead atoms. The number of pyridine rings is 1. The summed E-state index contributed by atoms with van der Waals surface area (Å²) >= 11 is 0. The zero-order valence-electron chi connectivity index (χ0n) is 18.3. The fourth-order valence-electron chi connectivity index (χ4n) is 3.96. The molecule has 180 valence electrons. The second-order valence-corrected chi connectivity index (χ2v) is 9.87. The highest BCUT2D eigenvalue weighted by Gasteiger charge is 2.27. The highest BCUT2D eigenvalue weighted by Crippen LogP contribution is 2.35. The summed E-state index contributed by atoms with van der Waals surface area (Å²) in [5, 5.41) is 10.0. The van der Waals surface area contributed by atoms with Gasteiger partial charge in [0.25, 0.3) is 5.56 Å². The van der Waals surface area contributed by atoms with Gasteiger partial charge >= 0.3 is 0 Å². The highest BCUT2D eigenvalue weighted by atomic mass is 32.2. The van der Waals surface area contributed by atoms with Gasteiger partial charge < -0.3 is 29.0 Å². The lowest BCUT2D eigenvalue weighted by molar-refractivity contribution is 0.171. The van der Waals surface area contributed by atoms with Gasteiger partial charge in [0.1, 0.15) is 26.4 Å². The smallest absolute Gasteiger partial charge is 0.252 e. The Balaban J connectivity index is 1.50. The Labute approximate surface area is 195 Å². The largest absolute Gasteiger partial charge is 0.486 e. The van der Waals surface area contributed by atoms with Crippen LogP contribution in [0.2, 0.25) is 0 Å². The van der Waals surface area contributed by atoms with E-state index in [0.29, 0.717) is 60.3 Å². The number of hydrogen-bond acceptors (Lipinski definition) is 8. The molecule has 2 aromatic carbocycles. The number of aromatic amines is 1. The molecule has 34 heavy (non-hydrogen) atoms. The number of ether oxygens (including phenoxy) is 4. The highest BCUT2D eigenvalue weighted by molar-refractivity contribution is 7.89. The monoisotopic (exact) mass is 488 g/mol. The molecule has 0 amide bonds. The molecule has 2 aliphatic rings. The lowest BCUT2D eigenvalue weighted by Crippen LogP contribution is -2.34. The number of benzene rings is 2. The number of fused-ring (bicyclic) bond motifs is 3. The van der Waals surface area contributed by atoms with E-state index >= 15 is 0 Å². The first-order valence-corrected chi connectivity index (χ1v) is 12.4. The van der Waals surface area contributed by atoms with Gasteiger partial charge in [0.05, 0.1) is 10.4 Å². The Morgan fingerprint density at radius 3 is 2.24 bits per heavy atom. The van der Waals surface area contributed by atoms with Crippen molar-refractivity contribution in [2.45, 2.75) is 17.9 Å². The van der Waals surface area contributed by atoms with E-state index in [4.69, 9.17) is 18.9 Å². The summed E-state index contributed by atoms with van der Waals surface area (Å²) in [6, 6.07) is 9.53. The first-order valence-electron chi connectivity index (χ1n) is 10.9. The van der Waals surface area contributed by atoms with E-state index < -0.39 is 15.6 Å². The topological polar surface area (TPSA) is 127 Å². The molecule has 0 atom stereocenters. The van der Waals surface area contributed by atoms with Crippen molar-refractivity contribution in [1.29, 1.82) is 0 Å². The summed E-state index contributed by atoms with van der Waals surface area (Å²) in [6.45, 7) is 1.26. The molecule has 2 N–H and O–H groups in total. The molecule has 0 aliphatic carbocycles. The van der Waals surface area contributed by atoms with E-state index in [1.54, 1.807) is 24.3 Å². The van der Waals surface area contributed by atoms with Crippen LogP contribution >= 0.6 is 0 Å². The van der Waals surface area contributed by atoms with Gasteiger partial charge in [-0.1, -0.05) is 0 Å². The van der Waals surface area contributed by atoms with Crippen LogP contribution in [0.3, 0.4) is 0 Å². The molecule has 11 heteroatoms. The van der Waals surface area contributed by atoms with Crippen LogP contribution in [0, 0.1) is 0 Å². The van der Waals surface area contributed by atoms with Crippen molar-refractivity contribution < 1.29 is 32.5 Å². The minimum Gasteiger partial charge on any atom is -0.486 e. The van der Waals surface area contributed by atoms with Crippen LogP contribution in [0.4, 0.5) is 0 Å². The molecule has 0 unspecified atom stereocenters. The molecule has 1 aromatic heterocycles. The van der Waals surface area contributed by atoms with Gasteiger partial charge in [-0.15, -0.1) is 0 Å². The molecular weight excluding hydrogens is 464 g/mol. The van der Waals surface area contributed by atoms with Gasteiger partial charge in [-0.2, -0.15) is 4.31 Å². The number of sulfonamides is 1. The van der Waals surface area contributed by atoms with Gasteiger partial charge in [0.2, 0.25) is 10.0 Å². The average Bonchev–Trinajstić information content (AvgIpc) is 2.85. The number of aliphatic hydroxyl groups is 1. The number of nitrogens with zero attached hydrogens (tertiary/aromatic N) is 1.